The molecule has 25 heavy (non-hydrogen) atoms. The Bertz CT molecular complexity index is 774. The average Bonchev–Trinajstić information content (AvgIpc) is 3.10. The molecule has 2 heterocycles. The number of carboxylic acids is 1. The standard InChI is InChI=1S/C17H18N2O5S/c1-10-8-19(9-13(24-10)17(21)22)16(20)14-7-18-15(25-14)11-3-5-12(23-2)6-4-11/h3-7,10,13H,8-9H2,1-2H3,(H,21,22)/t10-,13?/m1/s1. The van der Waals surface area contributed by atoms with Gasteiger partial charge in [0.25, 0.3) is 5.91 Å². The van der Waals surface area contributed by atoms with Gasteiger partial charge in [0.15, 0.2) is 6.10 Å². The summed E-state index contributed by atoms with van der Waals surface area (Å²) in [7, 11) is 1.60. The van der Waals surface area contributed by atoms with Crippen LogP contribution in [0.3, 0.4) is 0 Å². The number of hydrogen-bond donors (Lipinski definition) is 1. The second-order valence-electron chi connectivity index (χ2n) is 5.74. The number of morpholine rings is 1. The second-order valence-corrected chi connectivity index (χ2v) is 6.77. The summed E-state index contributed by atoms with van der Waals surface area (Å²) in [6.07, 6.45) is 0.206. The van der Waals surface area contributed by atoms with Crippen LogP contribution in [0.2, 0.25) is 0 Å². The molecule has 1 N–H and O–H groups in total. The lowest BCUT2D eigenvalue weighted by Crippen LogP contribution is -2.51. The highest BCUT2D eigenvalue weighted by Crippen LogP contribution is 2.28. The molecule has 1 unspecified atom stereocenters. The molecule has 0 aliphatic carbocycles. The smallest absolute Gasteiger partial charge is 0.334 e. The zero-order valence-corrected chi connectivity index (χ0v) is 14.7. The quantitative estimate of drug-likeness (QED) is 0.896. The zero-order valence-electron chi connectivity index (χ0n) is 13.8. The average molecular weight is 362 g/mol. The van der Waals surface area contributed by atoms with E-state index in [9.17, 15) is 9.59 Å². The predicted molar refractivity (Wildman–Crippen MR) is 92.0 cm³/mol. The zero-order chi connectivity index (χ0) is 18.0. The number of nitrogens with zero attached hydrogens (tertiary/aromatic N) is 2. The first-order chi connectivity index (χ1) is 12.0. The van der Waals surface area contributed by atoms with Crippen molar-refractivity contribution >= 4 is 23.2 Å². The van der Waals surface area contributed by atoms with Crippen LogP contribution in [0.5, 0.6) is 5.75 Å². The Balaban J connectivity index is 1.76. The number of aliphatic carboxylic acids is 1. The number of carboxylic acid groups (broad SMARTS) is 1. The molecule has 1 saturated heterocycles. The fourth-order valence-electron chi connectivity index (χ4n) is 2.65. The van der Waals surface area contributed by atoms with Gasteiger partial charge in [0.1, 0.15) is 15.6 Å². The van der Waals surface area contributed by atoms with Gasteiger partial charge in [-0.2, -0.15) is 0 Å². The maximum Gasteiger partial charge on any atom is 0.334 e. The topological polar surface area (TPSA) is 89.0 Å². The number of hydrogen-bond acceptors (Lipinski definition) is 6. The van der Waals surface area contributed by atoms with Crippen LogP contribution in [-0.2, 0) is 9.53 Å². The molecule has 1 aromatic heterocycles. The third-order valence-electron chi connectivity index (χ3n) is 3.88. The number of carbonyl (C=O) groups is 2. The van der Waals surface area contributed by atoms with Crippen LogP contribution in [0, 0.1) is 0 Å². The summed E-state index contributed by atoms with van der Waals surface area (Å²) in [6.45, 7) is 2.15. The summed E-state index contributed by atoms with van der Waals surface area (Å²) in [6, 6.07) is 7.42. The molecule has 0 bridgehead atoms. The molecule has 1 aliphatic heterocycles. The Kier molecular flexibility index (Phi) is 5.00. The fourth-order valence-corrected chi connectivity index (χ4v) is 3.54. The first kappa shape index (κ1) is 17.4. The molecule has 2 atom stereocenters. The highest BCUT2D eigenvalue weighted by atomic mass is 32.1. The van der Waals surface area contributed by atoms with Gasteiger partial charge in [-0.1, -0.05) is 0 Å². The van der Waals surface area contributed by atoms with Gasteiger partial charge in [-0.3, -0.25) is 4.79 Å². The van der Waals surface area contributed by atoms with Gasteiger partial charge in [-0.15, -0.1) is 11.3 Å². The van der Waals surface area contributed by atoms with Crippen molar-refractivity contribution in [3.8, 4) is 16.3 Å². The number of amides is 1. The molecule has 1 amide bonds. The van der Waals surface area contributed by atoms with Crippen molar-refractivity contribution in [2.24, 2.45) is 0 Å². The van der Waals surface area contributed by atoms with Crippen LogP contribution in [0.15, 0.2) is 30.5 Å². The number of carbonyl (C=O) groups excluding carboxylic acids is 1. The van der Waals surface area contributed by atoms with E-state index in [1.807, 2.05) is 24.3 Å². The third-order valence-corrected chi connectivity index (χ3v) is 4.91. The van der Waals surface area contributed by atoms with Crippen molar-refractivity contribution < 1.29 is 24.2 Å². The van der Waals surface area contributed by atoms with Gasteiger partial charge in [0.2, 0.25) is 0 Å². The first-order valence-corrected chi connectivity index (χ1v) is 8.57. The number of ether oxygens (including phenoxy) is 2. The Morgan fingerprint density at radius 1 is 1.32 bits per heavy atom. The molecule has 1 aromatic carbocycles. The van der Waals surface area contributed by atoms with Crippen LogP contribution in [0.1, 0.15) is 16.6 Å². The Hall–Kier alpha value is -2.45. The van der Waals surface area contributed by atoms with Crippen molar-refractivity contribution in [1.82, 2.24) is 9.88 Å². The van der Waals surface area contributed by atoms with Crippen molar-refractivity contribution in [2.75, 3.05) is 20.2 Å². The normalized spacial score (nSPS) is 20.3. The summed E-state index contributed by atoms with van der Waals surface area (Å²) < 4.78 is 10.5. The Labute approximate surface area is 148 Å². The molecule has 0 saturated carbocycles. The number of rotatable bonds is 4. The molecule has 1 aliphatic rings. The van der Waals surface area contributed by atoms with E-state index in [4.69, 9.17) is 14.6 Å². The van der Waals surface area contributed by atoms with Gasteiger partial charge in [-0.25, -0.2) is 9.78 Å². The minimum absolute atomic E-state index is 0.0360. The van der Waals surface area contributed by atoms with Crippen molar-refractivity contribution in [3.63, 3.8) is 0 Å². The Morgan fingerprint density at radius 3 is 2.68 bits per heavy atom. The highest BCUT2D eigenvalue weighted by Gasteiger charge is 2.33. The van der Waals surface area contributed by atoms with Gasteiger partial charge in [0.05, 0.1) is 26.0 Å². The summed E-state index contributed by atoms with van der Waals surface area (Å²) >= 11 is 1.28. The fraction of sp³-hybridized carbons (Fsp3) is 0.353. The number of methoxy groups -OCH3 is 1. The van der Waals surface area contributed by atoms with Gasteiger partial charge in [0, 0.05) is 12.1 Å². The largest absolute Gasteiger partial charge is 0.497 e. The summed E-state index contributed by atoms with van der Waals surface area (Å²) in [5.74, 6) is -0.537. The van der Waals surface area contributed by atoms with E-state index in [0.717, 1.165) is 16.3 Å². The predicted octanol–water partition coefficient (Wildman–Crippen LogP) is 2.13. The van der Waals surface area contributed by atoms with Gasteiger partial charge in [-0.05, 0) is 31.2 Å². The van der Waals surface area contributed by atoms with E-state index >= 15 is 0 Å². The molecule has 0 spiro atoms. The molecule has 132 valence electrons. The maximum absolute atomic E-state index is 12.7. The number of benzene rings is 1. The SMILES string of the molecule is COc1ccc(-c2ncc(C(=O)N3CC(C(=O)O)O[C@H](C)C3)s2)cc1. The van der Waals surface area contributed by atoms with Gasteiger partial charge >= 0.3 is 5.97 Å². The maximum atomic E-state index is 12.7. The molecular formula is C17H18N2O5S. The van der Waals surface area contributed by atoms with Gasteiger partial charge < -0.3 is 19.5 Å². The van der Waals surface area contributed by atoms with Crippen LogP contribution in [-0.4, -0.2) is 59.3 Å². The lowest BCUT2D eigenvalue weighted by Gasteiger charge is -2.34. The number of aromatic nitrogens is 1. The molecule has 7 nitrogen and oxygen atoms in total. The van der Waals surface area contributed by atoms with E-state index in [0.29, 0.717) is 11.4 Å². The van der Waals surface area contributed by atoms with Crippen LogP contribution in [0.4, 0.5) is 0 Å². The summed E-state index contributed by atoms with van der Waals surface area (Å²) in [5.41, 5.74) is 0.892. The molecule has 3 rings (SSSR count). The number of thiazole rings is 1. The molecular weight excluding hydrogens is 344 g/mol. The molecule has 2 aromatic rings. The third kappa shape index (κ3) is 3.80. The van der Waals surface area contributed by atoms with E-state index in [1.165, 1.54) is 22.4 Å². The van der Waals surface area contributed by atoms with Crippen molar-refractivity contribution in [1.29, 1.82) is 0 Å². The second kappa shape index (κ2) is 7.20. The first-order valence-electron chi connectivity index (χ1n) is 7.75. The molecule has 8 heteroatoms. The van der Waals surface area contributed by atoms with Crippen molar-refractivity contribution in [3.05, 3.63) is 35.3 Å². The Morgan fingerprint density at radius 2 is 2.04 bits per heavy atom. The highest BCUT2D eigenvalue weighted by molar-refractivity contribution is 7.16. The minimum atomic E-state index is -1.06. The lowest BCUT2D eigenvalue weighted by atomic mass is 10.2. The van der Waals surface area contributed by atoms with E-state index < -0.39 is 12.1 Å². The van der Waals surface area contributed by atoms with Crippen molar-refractivity contribution in [2.45, 2.75) is 19.1 Å². The van der Waals surface area contributed by atoms with E-state index in [-0.39, 0.29) is 18.6 Å². The van der Waals surface area contributed by atoms with Crippen LogP contribution >= 0.6 is 11.3 Å². The summed E-state index contributed by atoms with van der Waals surface area (Å²) in [5, 5.41) is 9.86. The monoisotopic (exact) mass is 362 g/mol. The molecule has 1 fully saturated rings. The summed E-state index contributed by atoms with van der Waals surface area (Å²) in [4.78, 5) is 30.2. The lowest BCUT2D eigenvalue weighted by molar-refractivity contribution is -0.160. The van der Waals surface area contributed by atoms with Crippen LogP contribution < -0.4 is 4.74 Å². The van der Waals surface area contributed by atoms with E-state index in [2.05, 4.69) is 4.98 Å². The molecule has 0 radical (unpaired) electrons. The minimum Gasteiger partial charge on any atom is -0.497 e. The van der Waals surface area contributed by atoms with Crippen LogP contribution in [0.25, 0.3) is 10.6 Å². The van der Waals surface area contributed by atoms with E-state index in [1.54, 1.807) is 14.0 Å².